The van der Waals surface area contributed by atoms with Gasteiger partial charge in [0.1, 0.15) is 0 Å². The summed E-state index contributed by atoms with van der Waals surface area (Å²) in [6, 6.07) is 5.83. The van der Waals surface area contributed by atoms with E-state index >= 15 is 0 Å². The average Bonchev–Trinajstić information content (AvgIpc) is 2.54. The van der Waals surface area contributed by atoms with Crippen molar-refractivity contribution in [3.63, 3.8) is 0 Å². The first-order valence-electron chi connectivity index (χ1n) is 7.09. The molecule has 3 saturated heterocycles. The molecule has 1 N–H and O–H groups in total. The van der Waals surface area contributed by atoms with Gasteiger partial charge in [0.15, 0.2) is 11.5 Å². The smallest absolute Gasteiger partial charge is 0.161 e. The Labute approximate surface area is 119 Å². The average molecular weight is 278 g/mol. The predicted octanol–water partition coefficient (Wildman–Crippen LogP) is 0.737. The van der Waals surface area contributed by atoms with E-state index in [0.717, 1.165) is 38.3 Å². The van der Waals surface area contributed by atoms with Crippen molar-refractivity contribution < 1.29 is 14.6 Å². The molecule has 0 aliphatic carbocycles. The molecule has 0 saturated carbocycles. The minimum absolute atomic E-state index is 0.176. The second-order valence-electron chi connectivity index (χ2n) is 5.46. The second kappa shape index (κ2) is 5.60. The topological polar surface area (TPSA) is 45.2 Å². The lowest BCUT2D eigenvalue weighted by Gasteiger charge is -2.49. The van der Waals surface area contributed by atoms with E-state index < -0.39 is 6.10 Å². The first-order valence-corrected chi connectivity index (χ1v) is 7.09. The summed E-state index contributed by atoms with van der Waals surface area (Å²) in [5, 5.41) is 10.7. The molecule has 4 rings (SSSR count). The highest BCUT2D eigenvalue weighted by molar-refractivity contribution is 5.43. The minimum Gasteiger partial charge on any atom is -0.493 e. The molecule has 110 valence electrons. The normalized spacial score (nSPS) is 30.1. The van der Waals surface area contributed by atoms with Crippen molar-refractivity contribution >= 4 is 0 Å². The maximum Gasteiger partial charge on any atom is 0.161 e. The number of fused-ring (bicyclic) bond motifs is 3. The van der Waals surface area contributed by atoms with Crippen LogP contribution in [-0.2, 0) is 0 Å². The molecule has 3 aliphatic rings. The summed E-state index contributed by atoms with van der Waals surface area (Å²) >= 11 is 0. The number of hydrogen-bond acceptors (Lipinski definition) is 5. The second-order valence-corrected chi connectivity index (χ2v) is 5.46. The molecule has 3 heterocycles. The van der Waals surface area contributed by atoms with Crippen LogP contribution in [0.4, 0.5) is 0 Å². The fraction of sp³-hybridized carbons (Fsp3) is 0.600. The van der Waals surface area contributed by atoms with E-state index in [1.54, 1.807) is 14.2 Å². The van der Waals surface area contributed by atoms with Crippen LogP contribution in [0.1, 0.15) is 11.7 Å². The van der Waals surface area contributed by atoms with Crippen molar-refractivity contribution in [2.45, 2.75) is 12.1 Å². The van der Waals surface area contributed by atoms with Crippen LogP contribution >= 0.6 is 0 Å². The van der Waals surface area contributed by atoms with Gasteiger partial charge in [-0.3, -0.25) is 9.80 Å². The van der Waals surface area contributed by atoms with Crippen molar-refractivity contribution in [2.75, 3.05) is 46.9 Å². The standard InChI is InChI=1S/C15H22N2O3/c1-19-13-4-3-11(9-14(13)20-2)15(18)12-10-16-5-7-17(12)8-6-16/h3-4,9,12,15,18H,5-8,10H2,1-2H3. The molecule has 5 heteroatoms. The first-order chi connectivity index (χ1) is 9.72. The summed E-state index contributed by atoms with van der Waals surface area (Å²) in [6.07, 6.45) is -0.488. The Morgan fingerprint density at radius 3 is 2.35 bits per heavy atom. The van der Waals surface area contributed by atoms with Gasteiger partial charge in [0, 0.05) is 32.7 Å². The van der Waals surface area contributed by atoms with E-state index in [1.165, 1.54) is 0 Å². The number of rotatable bonds is 4. The van der Waals surface area contributed by atoms with Gasteiger partial charge in [-0.15, -0.1) is 0 Å². The SMILES string of the molecule is COc1ccc(C(O)C2CN3CCN2CC3)cc1OC. The number of piperazine rings is 3. The molecule has 1 aromatic rings. The summed E-state index contributed by atoms with van der Waals surface area (Å²) in [4.78, 5) is 4.82. The Bertz CT molecular complexity index is 472. The maximum atomic E-state index is 10.7. The van der Waals surface area contributed by atoms with Gasteiger partial charge in [0.05, 0.1) is 26.4 Å². The molecule has 0 radical (unpaired) electrons. The van der Waals surface area contributed by atoms with Crippen LogP contribution in [0.25, 0.3) is 0 Å². The first kappa shape index (κ1) is 13.7. The van der Waals surface area contributed by atoms with Crippen LogP contribution < -0.4 is 9.47 Å². The molecule has 20 heavy (non-hydrogen) atoms. The molecule has 3 fully saturated rings. The maximum absolute atomic E-state index is 10.7. The molecule has 1 aromatic carbocycles. The van der Waals surface area contributed by atoms with E-state index in [-0.39, 0.29) is 6.04 Å². The van der Waals surface area contributed by atoms with Crippen molar-refractivity contribution in [3.05, 3.63) is 23.8 Å². The zero-order chi connectivity index (χ0) is 14.1. The van der Waals surface area contributed by atoms with Gasteiger partial charge in [-0.2, -0.15) is 0 Å². The third kappa shape index (κ3) is 2.37. The molecule has 2 bridgehead atoms. The van der Waals surface area contributed by atoms with Crippen molar-refractivity contribution in [1.82, 2.24) is 9.80 Å². The number of benzene rings is 1. The van der Waals surface area contributed by atoms with Crippen LogP contribution in [0, 0.1) is 0 Å². The monoisotopic (exact) mass is 278 g/mol. The van der Waals surface area contributed by atoms with Gasteiger partial charge in [0.2, 0.25) is 0 Å². The number of ether oxygens (including phenoxy) is 2. The van der Waals surface area contributed by atoms with E-state index in [4.69, 9.17) is 9.47 Å². The van der Waals surface area contributed by atoms with Crippen molar-refractivity contribution in [1.29, 1.82) is 0 Å². The summed E-state index contributed by atoms with van der Waals surface area (Å²) in [5.74, 6) is 1.36. The largest absolute Gasteiger partial charge is 0.493 e. The summed E-state index contributed by atoms with van der Waals surface area (Å²) in [7, 11) is 3.23. The van der Waals surface area contributed by atoms with Gasteiger partial charge in [0.25, 0.3) is 0 Å². The highest BCUT2D eigenvalue weighted by Gasteiger charge is 2.36. The summed E-state index contributed by atoms with van der Waals surface area (Å²) in [5.41, 5.74) is 0.890. The Morgan fingerprint density at radius 2 is 1.80 bits per heavy atom. The van der Waals surface area contributed by atoms with Crippen LogP contribution in [0.15, 0.2) is 18.2 Å². The lowest BCUT2D eigenvalue weighted by molar-refractivity contribution is -0.0470. The number of nitrogens with zero attached hydrogens (tertiary/aromatic N) is 2. The van der Waals surface area contributed by atoms with E-state index in [0.29, 0.717) is 11.5 Å². The third-order valence-electron chi connectivity index (χ3n) is 4.43. The van der Waals surface area contributed by atoms with Crippen molar-refractivity contribution in [3.8, 4) is 11.5 Å². The van der Waals surface area contributed by atoms with Crippen molar-refractivity contribution in [2.24, 2.45) is 0 Å². The lowest BCUT2D eigenvalue weighted by atomic mass is 9.96. The predicted molar refractivity (Wildman–Crippen MR) is 76.3 cm³/mol. The molecule has 3 aliphatic heterocycles. The minimum atomic E-state index is -0.488. The molecule has 0 amide bonds. The number of aliphatic hydroxyl groups excluding tert-OH is 1. The fourth-order valence-electron chi connectivity index (χ4n) is 3.22. The van der Waals surface area contributed by atoms with Gasteiger partial charge in [-0.25, -0.2) is 0 Å². The van der Waals surface area contributed by atoms with Crippen LogP contribution in [-0.4, -0.2) is 67.9 Å². The van der Waals surface area contributed by atoms with Gasteiger partial charge in [-0.1, -0.05) is 6.07 Å². The third-order valence-corrected chi connectivity index (χ3v) is 4.43. The zero-order valence-corrected chi connectivity index (χ0v) is 12.1. The van der Waals surface area contributed by atoms with E-state index in [9.17, 15) is 5.11 Å². The van der Waals surface area contributed by atoms with E-state index in [1.807, 2.05) is 18.2 Å². The Hall–Kier alpha value is -1.30. The number of methoxy groups -OCH3 is 2. The molecular weight excluding hydrogens is 256 g/mol. The molecular formula is C15H22N2O3. The lowest BCUT2D eigenvalue weighted by Crippen LogP contribution is -2.62. The molecule has 5 nitrogen and oxygen atoms in total. The Balaban J connectivity index is 1.81. The van der Waals surface area contributed by atoms with Crippen LogP contribution in [0.3, 0.4) is 0 Å². The molecule has 0 spiro atoms. The molecule has 2 atom stereocenters. The molecule has 2 unspecified atom stereocenters. The van der Waals surface area contributed by atoms with Gasteiger partial charge < -0.3 is 14.6 Å². The highest BCUT2D eigenvalue weighted by Crippen LogP contribution is 2.33. The van der Waals surface area contributed by atoms with Gasteiger partial charge >= 0.3 is 0 Å². The van der Waals surface area contributed by atoms with E-state index in [2.05, 4.69) is 9.80 Å². The Kier molecular flexibility index (Phi) is 3.83. The fourth-order valence-corrected chi connectivity index (χ4v) is 3.22. The van der Waals surface area contributed by atoms with Crippen LogP contribution in [0.2, 0.25) is 0 Å². The number of aliphatic hydroxyl groups is 1. The zero-order valence-electron chi connectivity index (χ0n) is 12.1. The quantitative estimate of drug-likeness (QED) is 0.880. The number of hydrogen-bond donors (Lipinski definition) is 1. The highest BCUT2D eigenvalue weighted by atomic mass is 16.5. The van der Waals surface area contributed by atoms with Gasteiger partial charge in [-0.05, 0) is 17.7 Å². The van der Waals surface area contributed by atoms with Crippen LogP contribution in [0.5, 0.6) is 11.5 Å². The summed E-state index contributed by atoms with van der Waals surface area (Å²) in [6.45, 7) is 5.28. The Morgan fingerprint density at radius 1 is 1.10 bits per heavy atom. The summed E-state index contributed by atoms with van der Waals surface area (Å²) < 4.78 is 10.6. The molecule has 0 aromatic heterocycles.